The molecule has 0 aliphatic rings. The van der Waals surface area contributed by atoms with Gasteiger partial charge in [0.2, 0.25) is 5.91 Å². The van der Waals surface area contributed by atoms with Crippen molar-refractivity contribution in [2.75, 3.05) is 25.5 Å². The Morgan fingerprint density at radius 2 is 2.10 bits per heavy atom. The first-order valence-corrected chi connectivity index (χ1v) is 5.54. The number of halogens is 3. The molecule has 0 atom stereocenters. The summed E-state index contributed by atoms with van der Waals surface area (Å²) in [4.78, 5) is 12.7. The summed E-state index contributed by atoms with van der Waals surface area (Å²) in [5.41, 5.74) is -0.0191. The Kier molecular flexibility index (Phi) is 3.47. The molecule has 1 N–H and O–H groups in total. The number of alkyl halides is 3. The van der Waals surface area contributed by atoms with Crippen molar-refractivity contribution in [3.63, 3.8) is 0 Å². The number of likely N-dealkylation sites (N-methyl/N-ethyl adjacent to an activating group) is 2. The zero-order valence-electron chi connectivity index (χ0n) is 10.6. The van der Waals surface area contributed by atoms with E-state index in [2.05, 4.69) is 20.6 Å². The van der Waals surface area contributed by atoms with Crippen molar-refractivity contribution < 1.29 is 18.0 Å². The molecular weight excluding hydrogens is 277 g/mol. The van der Waals surface area contributed by atoms with Crippen LogP contribution < -0.4 is 10.2 Å². The van der Waals surface area contributed by atoms with Gasteiger partial charge in [-0.3, -0.25) is 4.79 Å². The van der Waals surface area contributed by atoms with Gasteiger partial charge in [-0.05, 0) is 12.1 Å². The number of nitrogens with one attached hydrogen (secondary N) is 1. The van der Waals surface area contributed by atoms with E-state index in [1.54, 1.807) is 7.05 Å². The number of carbonyl (C=O) groups excluding carboxylic acids is 1. The van der Waals surface area contributed by atoms with Crippen LogP contribution in [0.4, 0.5) is 19.0 Å². The number of hydrogen-bond donors (Lipinski definition) is 1. The molecule has 0 saturated carbocycles. The topological polar surface area (TPSA) is 75.4 Å². The van der Waals surface area contributed by atoms with Crippen molar-refractivity contribution in [2.45, 2.75) is 6.18 Å². The second-order valence-electron chi connectivity index (χ2n) is 4.01. The van der Waals surface area contributed by atoms with Crippen molar-refractivity contribution in [1.29, 1.82) is 0 Å². The second-order valence-corrected chi connectivity index (χ2v) is 4.01. The summed E-state index contributed by atoms with van der Waals surface area (Å²) in [6.07, 6.45) is -4.65. The first-order chi connectivity index (χ1) is 9.32. The minimum absolute atomic E-state index is 0.0191. The van der Waals surface area contributed by atoms with Gasteiger partial charge in [0.1, 0.15) is 5.82 Å². The highest BCUT2D eigenvalue weighted by Gasteiger charge is 2.37. The number of rotatable bonds is 3. The van der Waals surface area contributed by atoms with Gasteiger partial charge >= 0.3 is 6.18 Å². The van der Waals surface area contributed by atoms with Crippen LogP contribution in [0.5, 0.6) is 0 Å². The molecule has 0 fully saturated rings. The minimum atomic E-state index is -4.65. The van der Waals surface area contributed by atoms with Crippen molar-refractivity contribution in [3.05, 3.63) is 18.0 Å². The fourth-order valence-electron chi connectivity index (χ4n) is 1.54. The molecule has 0 unspecified atom stereocenters. The Labute approximate surface area is 111 Å². The Balaban J connectivity index is 2.39. The zero-order chi connectivity index (χ0) is 14.9. The van der Waals surface area contributed by atoms with E-state index in [4.69, 9.17) is 0 Å². The molecule has 0 bridgehead atoms. The maximum Gasteiger partial charge on any atom is 0.453 e. The Hall–Kier alpha value is -2.39. The Bertz CT molecular complexity index is 637. The predicted octanol–water partition coefficient (Wildman–Crippen LogP) is 0.325. The zero-order valence-corrected chi connectivity index (χ0v) is 10.6. The molecule has 0 aromatic carbocycles. The van der Waals surface area contributed by atoms with Crippen LogP contribution in [-0.4, -0.2) is 46.4 Å². The fourth-order valence-corrected chi connectivity index (χ4v) is 1.54. The first-order valence-electron chi connectivity index (χ1n) is 5.54. The van der Waals surface area contributed by atoms with Crippen molar-refractivity contribution in [1.82, 2.24) is 25.1 Å². The van der Waals surface area contributed by atoms with Gasteiger partial charge in [0.15, 0.2) is 5.65 Å². The molecule has 10 heteroatoms. The maximum absolute atomic E-state index is 12.7. The molecule has 2 rings (SSSR count). The van der Waals surface area contributed by atoms with Crippen LogP contribution in [0, 0.1) is 0 Å². The quantitative estimate of drug-likeness (QED) is 0.880. The second kappa shape index (κ2) is 4.94. The molecule has 0 saturated heterocycles. The molecule has 0 spiro atoms. The van der Waals surface area contributed by atoms with Gasteiger partial charge in [0.25, 0.3) is 5.82 Å². The van der Waals surface area contributed by atoms with E-state index in [0.717, 1.165) is 0 Å². The van der Waals surface area contributed by atoms with Crippen LogP contribution in [0.15, 0.2) is 12.1 Å². The Morgan fingerprint density at radius 3 is 2.70 bits per heavy atom. The SMILES string of the molecule is CNC(=O)CN(C)c1ccc2nnc(C(F)(F)F)n2n1. The van der Waals surface area contributed by atoms with E-state index in [9.17, 15) is 18.0 Å². The largest absolute Gasteiger partial charge is 0.453 e. The molecule has 108 valence electrons. The summed E-state index contributed by atoms with van der Waals surface area (Å²) in [7, 11) is 3.01. The van der Waals surface area contributed by atoms with Crippen molar-refractivity contribution in [2.24, 2.45) is 0 Å². The fraction of sp³-hybridized carbons (Fsp3) is 0.400. The van der Waals surface area contributed by atoms with E-state index in [0.29, 0.717) is 4.52 Å². The predicted molar refractivity (Wildman–Crippen MR) is 63.1 cm³/mol. The third-order valence-electron chi connectivity index (χ3n) is 2.55. The van der Waals surface area contributed by atoms with Gasteiger partial charge in [-0.1, -0.05) is 0 Å². The number of carbonyl (C=O) groups is 1. The van der Waals surface area contributed by atoms with Gasteiger partial charge in [-0.15, -0.1) is 15.3 Å². The van der Waals surface area contributed by atoms with Gasteiger partial charge in [-0.25, -0.2) is 0 Å². The summed E-state index contributed by atoms with van der Waals surface area (Å²) < 4.78 is 38.7. The number of aromatic nitrogens is 4. The van der Waals surface area contributed by atoms with Crippen LogP contribution in [0.3, 0.4) is 0 Å². The van der Waals surface area contributed by atoms with E-state index in [1.165, 1.54) is 24.1 Å². The average molecular weight is 288 g/mol. The first kappa shape index (κ1) is 14.0. The monoisotopic (exact) mass is 288 g/mol. The molecule has 0 aliphatic carbocycles. The van der Waals surface area contributed by atoms with Crippen LogP contribution in [0.1, 0.15) is 5.82 Å². The molecular formula is C10H11F3N6O. The lowest BCUT2D eigenvalue weighted by Crippen LogP contribution is -2.33. The lowest BCUT2D eigenvalue weighted by molar-refractivity contribution is -0.146. The molecule has 2 aromatic rings. The number of amides is 1. The molecule has 0 aliphatic heterocycles. The molecule has 2 aromatic heterocycles. The smallest absolute Gasteiger partial charge is 0.358 e. The highest BCUT2D eigenvalue weighted by molar-refractivity contribution is 5.80. The van der Waals surface area contributed by atoms with Crippen LogP contribution in [0.25, 0.3) is 5.65 Å². The van der Waals surface area contributed by atoms with Gasteiger partial charge in [0.05, 0.1) is 6.54 Å². The van der Waals surface area contributed by atoms with Crippen LogP contribution in [-0.2, 0) is 11.0 Å². The third kappa shape index (κ3) is 2.63. The third-order valence-corrected chi connectivity index (χ3v) is 2.55. The van der Waals surface area contributed by atoms with E-state index < -0.39 is 12.0 Å². The van der Waals surface area contributed by atoms with Gasteiger partial charge in [0, 0.05) is 14.1 Å². The normalized spacial score (nSPS) is 11.7. The van der Waals surface area contributed by atoms with Crippen LogP contribution in [0.2, 0.25) is 0 Å². The highest BCUT2D eigenvalue weighted by atomic mass is 19.4. The van der Waals surface area contributed by atoms with E-state index in [-0.39, 0.29) is 23.9 Å². The van der Waals surface area contributed by atoms with E-state index in [1.807, 2.05) is 0 Å². The summed E-state index contributed by atoms with van der Waals surface area (Å²) in [5.74, 6) is -1.29. The lowest BCUT2D eigenvalue weighted by Gasteiger charge is -2.16. The van der Waals surface area contributed by atoms with Crippen molar-refractivity contribution in [3.8, 4) is 0 Å². The van der Waals surface area contributed by atoms with Gasteiger partial charge < -0.3 is 10.2 Å². The molecule has 7 nitrogen and oxygen atoms in total. The number of hydrogen-bond acceptors (Lipinski definition) is 5. The van der Waals surface area contributed by atoms with Crippen molar-refractivity contribution >= 4 is 17.4 Å². The summed E-state index contributed by atoms with van der Waals surface area (Å²) >= 11 is 0. The maximum atomic E-state index is 12.7. The van der Waals surface area contributed by atoms with Gasteiger partial charge in [-0.2, -0.15) is 17.7 Å². The van der Waals surface area contributed by atoms with Crippen LogP contribution >= 0.6 is 0 Å². The summed E-state index contributed by atoms with van der Waals surface area (Å²) in [6, 6.07) is 2.82. The standard InChI is InChI=1S/C10H11F3N6O/c1-14-8(20)5-18(2)7-4-3-6-15-16-9(10(11,12)13)19(6)17-7/h3-4H,5H2,1-2H3,(H,14,20). The number of fused-ring (bicyclic) bond motifs is 1. The number of anilines is 1. The summed E-state index contributed by atoms with van der Waals surface area (Å²) in [6.45, 7) is -0.0293. The average Bonchev–Trinajstić information content (AvgIpc) is 2.80. The molecule has 2 heterocycles. The molecule has 0 radical (unpaired) electrons. The molecule has 20 heavy (non-hydrogen) atoms. The van der Waals surface area contributed by atoms with E-state index >= 15 is 0 Å². The highest BCUT2D eigenvalue weighted by Crippen LogP contribution is 2.27. The lowest BCUT2D eigenvalue weighted by atomic mass is 10.4. The minimum Gasteiger partial charge on any atom is -0.358 e. The molecule has 1 amide bonds. The number of nitrogens with zero attached hydrogens (tertiary/aromatic N) is 5. The Morgan fingerprint density at radius 1 is 1.40 bits per heavy atom. The summed E-state index contributed by atoms with van der Waals surface area (Å²) in [5, 5.41) is 12.7.